The summed E-state index contributed by atoms with van der Waals surface area (Å²) >= 11 is 1.55. The Hall–Kier alpha value is -2.18. The molecule has 0 radical (unpaired) electrons. The maximum Gasteiger partial charge on any atom is 0.263 e. The van der Waals surface area contributed by atoms with Crippen LogP contribution >= 0.6 is 11.3 Å². The Bertz CT molecular complexity index is 964. The number of amides is 2. The summed E-state index contributed by atoms with van der Waals surface area (Å²) in [6.07, 6.45) is 6.96. The zero-order chi connectivity index (χ0) is 22.1. The van der Waals surface area contributed by atoms with E-state index >= 15 is 0 Å². The summed E-state index contributed by atoms with van der Waals surface area (Å²) in [4.78, 5) is 34.4. The van der Waals surface area contributed by atoms with Crippen LogP contribution in [0.2, 0.25) is 0 Å². The zero-order valence-electron chi connectivity index (χ0n) is 19.0. The van der Waals surface area contributed by atoms with Crippen LogP contribution in [-0.4, -0.2) is 71.3 Å². The van der Waals surface area contributed by atoms with Gasteiger partial charge in [-0.15, -0.1) is 11.3 Å². The first-order valence-electron chi connectivity index (χ1n) is 12.1. The van der Waals surface area contributed by atoms with Gasteiger partial charge in [-0.3, -0.25) is 14.5 Å². The van der Waals surface area contributed by atoms with Crippen LogP contribution in [0.3, 0.4) is 0 Å². The number of thiophene rings is 1. The van der Waals surface area contributed by atoms with Crippen molar-refractivity contribution in [3.05, 3.63) is 46.8 Å². The summed E-state index contributed by atoms with van der Waals surface area (Å²) in [5, 5.41) is 0. The maximum absolute atomic E-state index is 13.3. The summed E-state index contributed by atoms with van der Waals surface area (Å²) in [6, 6.07) is 12.9. The molecule has 2 amide bonds. The lowest BCUT2D eigenvalue weighted by Crippen LogP contribution is -2.44. The summed E-state index contributed by atoms with van der Waals surface area (Å²) in [5.41, 5.74) is 1.83. The van der Waals surface area contributed by atoms with Gasteiger partial charge < -0.3 is 9.80 Å². The van der Waals surface area contributed by atoms with E-state index in [0.29, 0.717) is 12.1 Å². The molecule has 0 spiro atoms. The summed E-state index contributed by atoms with van der Waals surface area (Å²) in [7, 11) is 0. The van der Waals surface area contributed by atoms with Gasteiger partial charge in [0.1, 0.15) is 0 Å². The predicted molar refractivity (Wildman–Crippen MR) is 129 cm³/mol. The van der Waals surface area contributed by atoms with Gasteiger partial charge in [0.15, 0.2) is 0 Å². The second-order valence-corrected chi connectivity index (χ2v) is 10.6. The fraction of sp³-hybridized carbons (Fsp3) is 0.538. The normalized spacial score (nSPS) is 23.9. The van der Waals surface area contributed by atoms with E-state index in [-0.39, 0.29) is 11.8 Å². The van der Waals surface area contributed by atoms with Crippen molar-refractivity contribution >= 4 is 23.2 Å². The summed E-state index contributed by atoms with van der Waals surface area (Å²) in [5.74, 6) is 0.305. The second-order valence-electron chi connectivity index (χ2n) is 9.52. The first-order chi connectivity index (χ1) is 15.6. The standard InChI is InChI=1S/C26H33N3O2S/c1-19-6-4-16-28(19)18-22-7-5-17-29(22)25(30)21-10-8-20(9-11-21)23-12-13-24(32-23)26(31)27-14-2-3-15-27/h8-13,19,22H,2-7,14-18H2,1H3/t19-,22+/m1/s1. The highest BCUT2D eigenvalue weighted by atomic mass is 32.1. The molecule has 0 unspecified atom stereocenters. The van der Waals surface area contributed by atoms with Crippen LogP contribution < -0.4 is 0 Å². The Balaban J connectivity index is 1.25. The van der Waals surface area contributed by atoms with Gasteiger partial charge >= 0.3 is 0 Å². The topological polar surface area (TPSA) is 43.9 Å². The van der Waals surface area contributed by atoms with Crippen molar-refractivity contribution in [1.29, 1.82) is 0 Å². The number of nitrogens with zero attached hydrogens (tertiary/aromatic N) is 3. The Labute approximate surface area is 195 Å². The largest absolute Gasteiger partial charge is 0.338 e. The molecule has 5 nitrogen and oxygen atoms in total. The minimum atomic E-state index is 0.151. The van der Waals surface area contributed by atoms with Gasteiger partial charge in [0.05, 0.1) is 4.88 Å². The maximum atomic E-state index is 13.3. The van der Waals surface area contributed by atoms with E-state index in [1.807, 2.05) is 41.3 Å². The third kappa shape index (κ3) is 4.35. The average molecular weight is 452 g/mol. The summed E-state index contributed by atoms with van der Waals surface area (Å²) in [6.45, 7) is 7.08. The Morgan fingerprint density at radius 3 is 2.34 bits per heavy atom. The van der Waals surface area contributed by atoms with Gasteiger partial charge in [0.25, 0.3) is 11.8 Å². The fourth-order valence-electron chi connectivity index (χ4n) is 5.45. The van der Waals surface area contributed by atoms with Crippen LogP contribution in [0.15, 0.2) is 36.4 Å². The zero-order valence-corrected chi connectivity index (χ0v) is 19.8. The average Bonchev–Trinajstić information content (AvgIpc) is 3.61. The van der Waals surface area contributed by atoms with Gasteiger partial charge in [-0.05, 0) is 81.8 Å². The van der Waals surface area contributed by atoms with Crippen molar-refractivity contribution in [2.75, 3.05) is 32.7 Å². The molecule has 1 aromatic heterocycles. The first-order valence-corrected chi connectivity index (χ1v) is 13.0. The molecule has 1 aromatic carbocycles. The number of hydrogen-bond acceptors (Lipinski definition) is 4. The molecular weight excluding hydrogens is 418 g/mol. The van der Waals surface area contributed by atoms with E-state index in [2.05, 4.69) is 16.7 Å². The molecule has 3 fully saturated rings. The van der Waals surface area contributed by atoms with Gasteiger partial charge in [-0.2, -0.15) is 0 Å². The van der Waals surface area contributed by atoms with Gasteiger partial charge in [0.2, 0.25) is 0 Å². The number of rotatable bonds is 5. The molecule has 6 heteroatoms. The van der Waals surface area contributed by atoms with Crippen molar-refractivity contribution in [3.8, 4) is 10.4 Å². The lowest BCUT2D eigenvalue weighted by atomic mass is 10.1. The van der Waals surface area contributed by atoms with Crippen molar-refractivity contribution in [2.45, 2.75) is 57.5 Å². The number of carbonyl (C=O) groups is 2. The molecule has 0 bridgehead atoms. The van der Waals surface area contributed by atoms with Crippen LogP contribution in [0.4, 0.5) is 0 Å². The molecule has 2 atom stereocenters. The molecule has 32 heavy (non-hydrogen) atoms. The molecule has 3 aliphatic rings. The molecule has 0 saturated carbocycles. The SMILES string of the molecule is C[C@@H]1CCCN1C[C@@H]1CCCN1C(=O)c1ccc(-c2ccc(C(=O)N3CCCC3)s2)cc1. The van der Waals surface area contributed by atoms with E-state index in [4.69, 9.17) is 0 Å². The van der Waals surface area contributed by atoms with Crippen LogP contribution in [0, 0.1) is 0 Å². The lowest BCUT2D eigenvalue weighted by molar-refractivity contribution is 0.0696. The second kappa shape index (κ2) is 9.36. The molecule has 0 N–H and O–H groups in total. The number of hydrogen-bond donors (Lipinski definition) is 0. The summed E-state index contributed by atoms with van der Waals surface area (Å²) < 4.78 is 0. The smallest absolute Gasteiger partial charge is 0.263 e. The molecule has 0 aliphatic carbocycles. The molecular formula is C26H33N3O2S. The molecule has 170 valence electrons. The van der Waals surface area contributed by atoms with Crippen LogP contribution in [0.5, 0.6) is 0 Å². The van der Waals surface area contributed by atoms with E-state index in [0.717, 1.165) is 79.3 Å². The monoisotopic (exact) mass is 451 g/mol. The fourth-order valence-corrected chi connectivity index (χ4v) is 6.43. The minimum absolute atomic E-state index is 0.151. The van der Waals surface area contributed by atoms with Crippen molar-refractivity contribution in [1.82, 2.24) is 14.7 Å². The molecule has 3 aliphatic heterocycles. The number of benzene rings is 1. The van der Waals surface area contributed by atoms with Crippen molar-refractivity contribution in [2.24, 2.45) is 0 Å². The minimum Gasteiger partial charge on any atom is -0.338 e. The van der Waals surface area contributed by atoms with Crippen molar-refractivity contribution < 1.29 is 9.59 Å². The molecule has 4 heterocycles. The third-order valence-corrected chi connectivity index (χ3v) is 8.52. The van der Waals surface area contributed by atoms with E-state index in [1.165, 1.54) is 12.8 Å². The number of carbonyl (C=O) groups excluding carboxylic acids is 2. The molecule has 3 saturated heterocycles. The van der Waals surface area contributed by atoms with E-state index in [1.54, 1.807) is 11.3 Å². The van der Waals surface area contributed by atoms with Crippen LogP contribution in [0.25, 0.3) is 10.4 Å². The number of likely N-dealkylation sites (tertiary alicyclic amines) is 3. The predicted octanol–water partition coefficient (Wildman–Crippen LogP) is 4.74. The third-order valence-electron chi connectivity index (χ3n) is 7.40. The van der Waals surface area contributed by atoms with Crippen LogP contribution in [0.1, 0.15) is 65.5 Å². The first kappa shape index (κ1) is 21.7. The Morgan fingerprint density at radius 2 is 1.62 bits per heavy atom. The Kier molecular flexibility index (Phi) is 6.33. The van der Waals surface area contributed by atoms with Gasteiger partial charge in [0, 0.05) is 48.7 Å². The van der Waals surface area contributed by atoms with Crippen molar-refractivity contribution in [3.63, 3.8) is 0 Å². The highest BCUT2D eigenvalue weighted by molar-refractivity contribution is 7.17. The van der Waals surface area contributed by atoms with Crippen LogP contribution in [-0.2, 0) is 0 Å². The quantitative estimate of drug-likeness (QED) is 0.660. The highest BCUT2D eigenvalue weighted by Crippen LogP contribution is 2.31. The molecule has 2 aromatic rings. The lowest BCUT2D eigenvalue weighted by Gasteiger charge is -2.30. The van der Waals surface area contributed by atoms with Gasteiger partial charge in [-0.25, -0.2) is 0 Å². The van der Waals surface area contributed by atoms with E-state index in [9.17, 15) is 9.59 Å². The van der Waals surface area contributed by atoms with E-state index < -0.39 is 0 Å². The highest BCUT2D eigenvalue weighted by Gasteiger charge is 2.33. The molecule has 5 rings (SSSR count). The van der Waals surface area contributed by atoms with Gasteiger partial charge in [-0.1, -0.05) is 12.1 Å². The Morgan fingerprint density at radius 1 is 0.875 bits per heavy atom.